The van der Waals surface area contributed by atoms with Crippen molar-refractivity contribution in [1.82, 2.24) is 14.1 Å². The first-order chi connectivity index (χ1) is 12.4. The van der Waals surface area contributed by atoms with Crippen molar-refractivity contribution in [1.29, 1.82) is 0 Å². The highest BCUT2D eigenvalue weighted by atomic mass is 32.2. The number of carbonyl (C=O) groups excluding carboxylic acids is 1. The zero-order valence-electron chi connectivity index (χ0n) is 16.1. The van der Waals surface area contributed by atoms with Gasteiger partial charge in [-0.15, -0.1) is 0 Å². The Hall–Kier alpha value is -1.41. The summed E-state index contributed by atoms with van der Waals surface area (Å²) in [5.74, 6) is -0.174. The molecule has 1 aliphatic heterocycles. The van der Waals surface area contributed by atoms with E-state index in [0.717, 1.165) is 25.0 Å². The van der Waals surface area contributed by atoms with E-state index in [1.54, 1.807) is 11.2 Å². The number of hydrogen-bond acceptors (Lipinski definition) is 5. The number of ether oxygens (including phenoxy) is 1. The molecule has 26 heavy (non-hydrogen) atoms. The molecule has 0 aromatic carbocycles. The molecule has 0 spiro atoms. The monoisotopic (exact) mass is 385 g/mol. The predicted molar refractivity (Wildman–Crippen MR) is 101 cm³/mol. The molecule has 0 amide bonds. The first kappa shape index (κ1) is 20.9. The Morgan fingerprint density at radius 3 is 2.50 bits per heavy atom. The Balaban J connectivity index is 2.09. The van der Waals surface area contributed by atoms with E-state index in [0.29, 0.717) is 44.7 Å². The van der Waals surface area contributed by atoms with E-state index in [9.17, 15) is 13.2 Å². The maximum Gasteiger partial charge on any atom is 0.358 e. The van der Waals surface area contributed by atoms with Crippen molar-refractivity contribution in [3.63, 3.8) is 0 Å². The molecule has 0 aliphatic carbocycles. The van der Waals surface area contributed by atoms with Gasteiger partial charge in [-0.2, -0.15) is 5.10 Å². The van der Waals surface area contributed by atoms with E-state index in [2.05, 4.69) is 12.0 Å². The van der Waals surface area contributed by atoms with Gasteiger partial charge in [0.2, 0.25) is 10.0 Å². The second kappa shape index (κ2) is 9.50. The summed E-state index contributed by atoms with van der Waals surface area (Å²) in [6.07, 6.45) is 4.79. The summed E-state index contributed by atoms with van der Waals surface area (Å²) in [5.41, 5.74) is 1.36. The van der Waals surface area contributed by atoms with Crippen molar-refractivity contribution < 1.29 is 17.9 Å². The molecule has 8 heteroatoms. The van der Waals surface area contributed by atoms with E-state index in [4.69, 9.17) is 4.74 Å². The molecule has 0 radical (unpaired) electrons. The van der Waals surface area contributed by atoms with Crippen LogP contribution >= 0.6 is 0 Å². The van der Waals surface area contributed by atoms with Gasteiger partial charge in [-0.3, -0.25) is 4.68 Å². The minimum absolute atomic E-state index is 0.123. The lowest BCUT2D eigenvalue weighted by molar-refractivity contribution is 0.0517. The molecule has 1 aliphatic rings. The van der Waals surface area contributed by atoms with Crippen LogP contribution in [0.1, 0.15) is 75.1 Å². The fourth-order valence-corrected chi connectivity index (χ4v) is 5.00. The Kier molecular flexibility index (Phi) is 7.64. The number of esters is 1. The largest absolute Gasteiger partial charge is 0.461 e. The molecule has 1 fully saturated rings. The number of carbonyl (C=O) groups is 1. The molecule has 0 N–H and O–H groups in total. The van der Waals surface area contributed by atoms with Gasteiger partial charge in [-0.1, -0.05) is 26.7 Å². The van der Waals surface area contributed by atoms with Crippen molar-refractivity contribution in [2.45, 2.75) is 65.3 Å². The lowest BCUT2D eigenvalue weighted by Crippen LogP contribution is -2.40. The third-order valence-corrected chi connectivity index (χ3v) is 6.68. The minimum atomic E-state index is -3.16. The second-order valence-corrected chi connectivity index (χ2v) is 8.82. The Bertz CT molecular complexity index is 691. The lowest BCUT2D eigenvalue weighted by Gasteiger charge is -2.32. The summed E-state index contributed by atoms with van der Waals surface area (Å²) in [7, 11) is -3.16. The van der Waals surface area contributed by atoms with Crippen LogP contribution in [0.4, 0.5) is 0 Å². The molecular formula is C18H31N3O4S. The van der Waals surface area contributed by atoms with Crippen LogP contribution in [-0.4, -0.2) is 53.9 Å². The maximum atomic E-state index is 12.4. The van der Waals surface area contributed by atoms with E-state index in [1.165, 1.54) is 0 Å². The summed E-state index contributed by atoms with van der Waals surface area (Å²) in [6, 6.07) is 1.93. The summed E-state index contributed by atoms with van der Waals surface area (Å²) in [6.45, 7) is 7.20. The first-order valence-corrected chi connectivity index (χ1v) is 11.3. The molecule has 2 heterocycles. The van der Waals surface area contributed by atoms with E-state index < -0.39 is 16.0 Å². The Morgan fingerprint density at radius 2 is 1.92 bits per heavy atom. The SMILES string of the molecule is CCCCS(=O)(=O)N1CCC(n2nc(C(=O)OCC)cc2CCC)CC1. The van der Waals surface area contributed by atoms with Gasteiger partial charge < -0.3 is 4.74 Å². The van der Waals surface area contributed by atoms with Crippen molar-refractivity contribution in [3.05, 3.63) is 17.5 Å². The van der Waals surface area contributed by atoms with Crippen LogP contribution in [0.3, 0.4) is 0 Å². The number of unbranched alkanes of at least 4 members (excludes halogenated alkanes) is 1. The highest BCUT2D eigenvalue weighted by molar-refractivity contribution is 7.89. The average Bonchev–Trinajstić information content (AvgIpc) is 3.05. The van der Waals surface area contributed by atoms with Gasteiger partial charge in [0.15, 0.2) is 5.69 Å². The molecule has 1 saturated heterocycles. The van der Waals surface area contributed by atoms with Crippen LogP contribution in [-0.2, 0) is 21.2 Å². The fraction of sp³-hybridized carbons (Fsp3) is 0.778. The number of sulfonamides is 1. The average molecular weight is 386 g/mol. The van der Waals surface area contributed by atoms with E-state index >= 15 is 0 Å². The van der Waals surface area contributed by atoms with Crippen LogP contribution in [0.5, 0.6) is 0 Å². The maximum absolute atomic E-state index is 12.4. The smallest absolute Gasteiger partial charge is 0.358 e. The normalized spacial score (nSPS) is 16.7. The van der Waals surface area contributed by atoms with Gasteiger partial charge in [-0.05, 0) is 38.7 Å². The van der Waals surface area contributed by atoms with Gasteiger partial charge in [0.1, 0.15) is 0 Å². The molecule has 7 nitrogen and oxygen atoms in total. The van der Waals surface area contributed by atoms with Crippen molar-refractivity contribution in [2.24, 2.45) is 0 Å². The zero-order valence-corrected chi connectivity index (χ0v) is 16.9. The van der Waals surface area contributed by atoms with Crippen molar-refractivity contribution in [2.75, 3.05) is 25.4 Å². The third kappa shape index (κ3) is 5.07. The van der Waals surface area contributed by atoms with Gasteiger partial charge in [0.05, 0.1) is 18.4 Å². The van der Waals surface area contributed by atoms with Crippen molar-refractivity contribution >= 4 is 16.0 Å². The van der Waals surface area contributed by atoms with E-state index in [-0.39, 0.29) is 11.8 Å². The van der Waals surface area contributed by atoms with Crippen LogP contribution in [0.2, 0.25) is 0 Å². The molecule has 0 bridgehead atoms. The van der Waals surface area contributed by atoms with Crippen LogP contribution < -0.4 is 0 Å². The summed E-state index contributed by atoms with van der Waals surface area (Å²) >= 11 is 0. The highest BCUT2D eigenvalue weighted by Gasteiger charge is 2.30. The standard InChI is InChI=1S/C18H31N3O4S/c1-4-7-13-26(23,24)20-11-9-15(10-12-20)21-16(8-5-2)14-17(19-21)18(22)25-6-3/h14-15H,4-13H2,1-3H3. The minimum Gasteiger partial charge on any atom is -0.461 e. The quantitative estimate of drug-likeness (QED) is 0.611. The summed E-state index contributed by atoms with van der Waals surface area (Å²) in [4.78, 5) is 12.0. The molecule has 2 rings (SSSR count). The molecule has 0 saturated carbocycles. The number of hydrogen-bond donors (Lipinski definition) is 0. The molecule has 0 atom stereocenters. The topological polar surface area (TPSA) is 81.5 Å². The number of piperidine rings is 1. The van der Waals surface area contributed by atoms with E-state index in [1.807, 2.05) is 17.7 Å². The number of aromatic nitrogens is 2. The highest BCUT2D eigenvalue weighted by Crippen LogP contribution is 2.26. The summed E-state index contributed by atoms with van der Waals surface area (Å²) < 4.78 is 33.3. The molecule has 148 valence electrons. The number of aryl methyl sites for hydroxylation is 1. The Morgan fingerprint density at radius 1 is 1.23 bits per heavy atom. The van der Waals surface area contributed by atoms with Crippen LogP contribution in [0, 0.1) is 0 Å². The lowest BCUT2D eigenvalue weighted by atomic mass is 10.1. The fourth-order valence-electron chi connectivity index (χ4n) is 3.32. The Labute approximate surface area is 156 Å². The second-order valence-electron chi connectivity index (χ2n) is 6.74. The number of rotatable bonds is 9. The van der Waals surface area contributed by atoms with Gasteiger partial charge >= 0.3 is 5.97 Å². The van der Waals surface area contributed by atoms with Gasteiger partial charge in [-0.25, -0.2) is 17.5 Å². The molecule has 0 unspecified atom stereocenters. The predicted octanol–water partition coefficient (Wildman–Crippen LogP) is 2.78. The van der Waals surface area contributed by atoms with Crippen LogP contribution in [0.25, 0.3) is 0 Å². The van der Waals surface area contributed by atoms with Crippen molar-refractivity contribution in [3.8, 4) is 0 Å². The zero-order chi connectivity index (χ0) is 19.2. The summed E-state index contributed by atoms with van der Waals surface area (Å²) in [5, 5.41) is 4.48. The molecule has 1 aromatic heterocycles. The van der Waals surface area contributed by atoms with Crippen LogP contribution in [0.15, 0.2) is 6.07 Å². The molecular weight excluding hydrogens is 354 g/mol. The first-order valence-electron chi connectivity index (χ1n) is 9.66. The number of nitrogens with zero attached hydrogens (tertiary/aromatic N) is 3. The van der Waals surface area contributed by atoms with Gasteiger partial charge in [0.25, 0.3) is 0 Å². The van der Waals surface area contributed by atoms with Gasteiger partial charge in [0, 0.05) is 18.8 Å². The third-order valence-electron chi connectivity index (χ3n) is 4.72. The molecule has 1 aromatic rings.